The van der Waals surface area contributed by atoms with Crippen LogP contribution in [-0.4, -0.2) is 43.2 Å². The third kappa shape index (κ3) is 4.31. The Hall–Kier alpha value is -1.40. The van der Waals surface area contributed by atoms with Crippen LogP contribution in [0.1, 0.15) is 41.4 Å². The summed E-state index contributed by atoms with van der Waals surface area (Å²) in [5.41, 5.74) is 0.631. The second-order valence-electron chi connectivity index (χ2n) is 5.08. The molecule has 1 aromatic rings. The summed E-state index contributed by atoms with van der Waals surface area (Å²) in [4.78, 5) is 15.9. The minimum Gasteiger partial charge on any atom is -0.436 e. The van der Waals surface area contributed by atoms with E-state index in [-0.39, 0.29) is 5.91 Å². The molecular formula is C14H23N3O3. The number of carbonyl (C=O) groups excluding carboxylic acids is 1. The average Bonchev–Trinajstić information content (AvgIpc) is 2.78. The number of piperidine rings is 1. The summed E-state index contributed by atoms with van der Waals surface area (Å²) in [6.45, 7) is 6.84. The minimum atomic E-state index is -0.204. The van der Waals surface area contributed by atoms with Crippen LogP contribution < -0.4 is 10.6 Å². The lowest BCUT2D eigenvalue weighted by molar-refractivity contribution is 0.0317. The summed E-state index contributed by atoms with van der Waals surface area (Å²) >= 11 is 0. The van der Waals surface area contributed by atoms with E-state index in [4.69, 9.17) is 9.15 Å². The van der Waals surface area contributed by atoms with Crippen LogP contribution in [0.3, 0.4) is 0 Å². The van der Waals surface area contributed by atoms with Crippen molar-refractivity contribution in [1.29, 1.82) is 0 Å². The van der Waals surface area contributed by atoms with Crippen LogP contribution in [0.25, 0.3) is 0 Å². The normalized spacial score (nSPS) is 16.3. The summed E-state index contributed by atoms with van der Waals surface area (Å²) in [6.07, 6.45) is 3.32. The minimum absolute atomic E-state index is 0.204. The zero-order valence-corrected chi connectivity index (χ0v) is 12.2. The molecular weight excluding hydrogens is 258 g/mol. The highest BCUT2D eigenvalue weighted by molar-refractivity contribution is 5.92. The van der Waals surface area contributed by atoms with Crippen molar-refractivity contribution in [3.8, 4) is 0 Å². The number of rotatable bonds is 6. The van der Waals surface area contributed by atoms with E-state index in [1.807, 2.05) is 0 Å². The third-order valence-corrected chi connectivity index (χ3v) is 3.36. The Balaban J connectivity index is 1.61. The summed E-state index contributed by atoms with van der Waals surface area (Å²) < 4.78 is 11.0. The lowest BCUT2D eigenvalue weighted by atomic mass is 10.1. The van der Waals surface area contributed by atoms with Crippen molar-refractivity contribution < 1.29 is 13.9 Å². The molecule has 1 aliphatic heterocycles. The van der Waals surface area contributed by atoms with E-state index in [0.717, 1.165) is 32.4 Å². The van der Waals surface area contributed by atoms with Crippen molar-refractivity contribution in [2.45, 2.75) is 39.2 Å². The summed E-state index contributed by atoms with van der Waals surface area (Å²) in [5, 5.41) is 6.13. The SMILES string of the molecule is Cc1nc(C)c(C(=O)NCCCOC2CCNCC2)o1. The Kier molecular flexibility index (Phi) is 5.55. The van der Waals surface area contributed by atoms with E-state index >= 15 is 0 Å². The lowest BCUT2D eigenvalue weighted by Crippen LogP contribution is -2.33. The molecule has 1 amide bonds. The van der Waals surface area contributed by atoms with E-state index < -0.39 is 0 Å². The highest BCUT2D eigenvalue weighted by Crippen LogP contribution is 2.09. The number of nitrogens with zero attached hydrogens (tertiary/aromatic N) is 1. The number of hydrogen-bond donors (Lipinski definition) is 2. The van der Waals surface area contributed by atoms with Gasteiger partial charge in [-0.25, -0.2) is 4.98 Å². The second-order valence-corrected chi connectivity index (χ2v) is 5.08. The number of aromatic nitrogens is 1. The lowest BCUT2D eigenvalue weighted by Gasteiger charge is -2.22. The first kappa shape index (κ1) is 15.0. The van der Waals surface area contributed by atoms with Crippen LogP contribution in [0.5, 0.6) is 0 Å². The first-order valence-electron chi connectivity index (χ1n) is 7.21. The number of oxazole rings is 1. The van der Waals surface area contributed by atoms with E-state index in [2.05, 4.69) is 15.6 Å². The van der Waals surface area contributed by atoms with Crippen LogP contribution in [-0.2, 0) is 4.74 Å². The monoisotopic (exact) mass is 281 g/mol. The van der Waals surface area contributed by atoms with E-state index in [1.54, 1.807) is 13.8 Å². The molecule has 112 valence electrons. The van der Waals surface area contributed by atoms with Crippen LogP contribution in [0.4, 0.5) is 0 Å². The Morgan fingerprint density at radius 3 is 2.85 bits per heavy atom. The third-order valence-electron chi connectivity index (χ3n) is 3.36. The molecule has 1 fully saturated rings. The number of nitrogens with one attached hydrogen (secondary N) is 2. The Bertz CT molecular complexity index is 439. The number of amides is 1. The predicted molar refractivity (Wildman–Crippen MR) is 74.8 cm³/mol. The first-order valence-corrected chi connectivity index (χ1v) is 7.21. The van der Waals surface area contributed by atoms with Gasteiger partial charge >= 0.3 is 0 Å². The summed E-state index contributed by atoms with van der Waals surface area (Å²) in [5.74, 6) is 0.619. The Labute approximate surface area is 119 Å². The van der Waals surface area contributed by atoms with Gasteiger partial charge in [-0.2, -0.15) is 0 Å². The standard InChI is InChI=1S/C14H23N3O3/c1-10-13(20-11(2)17-10)14(18)16-6-3-9-19-12-4-7-15-8-5-12/h12,15H,3-9H2,1-2H3,(H,16,18). The molecule has 0 saturated carbocycles. The summed E-state index contributed by atoms with van der Waals surface area (Å²) in [7, 11) is 0. The molecule has 1 aliphatic rings. The van der Waals surface area contributed by atoms with Crippen LogP contribution >= 0.6 is 0 Å². The predicted octanol–water partition coefficient (Wildman–Crippen LogP) is 1.18. The molecule has 6 nitrogen and oxygen atoms in total. The van der Waals surface area contributed by atoms with Gasteiger partial charge in [0.1, 0.15) is 0 Å². The molecule has 20 heavy (non-hydrogen) atoms. The molecule has 2 heterocycles. The van der Waals surface area contributed by atoms with E-state index in [1.165, 1.54) is 0 Å². The van der Waals surface area contributed by atoms with Gasteiger partial charge in [0, 0.05) is 20.1 Å². The van der Waals surface area contributed by atoms with Gasteiger partial charge in [-0.05, 0) is 39.3 Å². The fourth-order valence-corrected chi connectivity index (χ4v) is 2.31. The zero-order chi connectivity index (χ0) is 14.4. The van der Waals surface area contributed by atoms with Crippen molar-refractivity contribution in [2.24, 2.45) is 0 Å². The van der Waals surface area contributed by atoms with Crippen LogP contribution in [0.2, 0.25) is 0 Å². The van der Waals surface area contributed by atoms with Gasteiger partial charge in [0.2, 0.25) is 5.76 Å². The van der Waals surface area contributed by atoms with Crippen LogP contribution in [0.15, 0.2) is 4.42 Å². The smallest absolute Gasteiger partial charge is 0.289 e. The van der Waals surface area contributed by atoms with Gasteiger partial charge in [0.15, 0.2) is 5.89 Å². The van der Waals surface area contributed by atoms with Crippen LogP contribution in [0, 0.1) is 13.8 Å². The maximum atomic E-state index is 11.8. The Morgan fingerprint density at radius 1 is 1.45 bits per heavy atom. The van der Waals surface area contributed by atoms with Crippen molar-refractivity contribution in [1.82, 2.24) is 15.6 Å². The molecule has 0 aliphatic carbocycles. The average molecular weight is 281 g/mol. The molecule has 2 rings (SSSR count). The van der Waals surface area contributed by atoms with Gasteiger partial charge in [0.05, 0.1) is 11.8 Å². The molecule has 0 aromatic carbocycles. The molecule has 6 heteroatoms. The maximum absolute atomic E-state index is 11.8. The summed E-state index contributed by atoms with van der Waals surface area (Å²) in [6, 6.07) is 0. The molecule has 0 spiro atoms. The molecule has 0 atom stereocenters. The molecule has 0 unspecified atom stereocenters. The molecule has 0 radical (unpaired) electrons. The molecule has 2 N–H and O–H groups in total. The fourth-order valence-electron chi connectivity index (χ4n) is 2.31. The highest BCUT2D eigenvalue weighted by atomic mass is 16.5. The molecule has 0 bridgehead atoms. The topological polar surface area (TPSA) is 76.4 Å². The van der Waals surface area contributed by atoms with E-state index in [0.29, 0.717) is 36.6 Å². The fraction of sp³-hybridized carbons (Fsp3) is 0.714. The zero-order valence-electron chi connectivity index (χ0n) is 12.2. The van der Waals surface area contributed by atoms with Crippen molar-refractivity contribution in [3.05, 3.63) is 17.3 Å². The first-order chi connectivity index (χ1) is 9.66. The van der Waals surface area contributed by atoms with E-state index in [9.17, 15) is 4.79 Å². The van der Waals surface area contributed by atoms with Gasteiger partial charge in [-0.3, -0.25) is 4.79 Å². The molecule has 1 aromatic heterocycles. The number of hydrogen-bond acceptors (Lipinski definition) is 5. The van der Waals surface area contributed by atoms with Gasteiger partial charge in [0.25, 0.3) is 5.91 Å². The van der Waals surface area contributed by atoms with Crippen molar-refractivity contribution in [2.75, 3.05) is 26.2 Å². The van der Waals surface area contributed by atoms with Gasteiger partial charge < -0.3 is 19.8 Å². The highest BCUT2D eigenvalue weighted by Gasteiger charge is 2.15. The Morgan fingerprint density at radius 2 is 2.20 bits per heavy atom. The maximum Gasteiger partial charge on any atom is 0.289 e. The van der Waals surface area contributed by atoms with Gasteiger partial charge in [-0.1, -0.05) is 0 Å². The number of aryl methyl sites for hydroxylation is 2. The van der Waals surface area contributed by atoms with Crippen molar-refractivity contribution >= 4 is 5.91 Å². The quantitative estimate of drug-likeness (QED) is 0.766. The van der Waals surface area contributed by atoms with Gasteiger partial charge in [-0.15, -0.1) is 0 Å². The number of carbonyl (C=O) groups is 1. The largest absolute Gasteiger partial charge is 0.436 e. The molecule has 1 saturated heterocycles. The number of ether oxygens (including phenoxy) is 1. The van der Waals surface area contributed by atoms with Crippen molar-refractivity contribution in [3.63, 3.8) is 0 Å². The second kappa shape index (κ2) is 7.40.